The molecule has 0 fully saturated rings. The zero-order valence-electron chi connectivity index (χ0n) is 10.8. The first kappa shape index (κ1) is 13.0. The maximum atomic E-state index is 11.1. The van der Waals surface area contributed by atoms with Crippen molar-refractivity contribution in [3.63, 3.8) is 0 Å². The van der Waals surface area contributed by atoms with Gasteiger partial charge in [-0.25, -0.2) is 0 Å². The van der Waals surface area contributed by atoms with Crippen molar-refractivity contribution in [2.45, 2.75) is 13.3 Å². The molecule has 0 aliphatic heterocycles. The molecule has 0 saturated carbocycles. The minimum Gasteiger partial charge on any atom is -0.397 e. The van der Waals surface area contributed by atoms with Crippen LogP contribution in [0.1, 0.15) is 22.8 Å². The summed E-state index contributed by atoms with van der Waals surface area (Å²) in [6, 6.07) is 13.1. The van der Waals surface area contributed by atoms with Crippen LogP contribution in [0.3, 0.4) is 0 Å². The lowest BCUT2D eigenvalue weighted by molar-refractivity contribution is 0.100. The number of hydrogen-bond acceptors (Lipinski definition) is 3. The van der Waals surface area contributed by atoms with Crippen LogP contribution in [0, 0.1) is 0 Å². The van der Waals surface area contributed by atoms with Crippen molar-refractivity contribution in [3.8, 4) is 0 Å². The molecule has 0 aromatic heterocycles. The Morgan fingerprint density at radius 2 is 2.00 bits per heavy atom. The third-order valence-electron chi connectivity index (χ3n) is 2.95. The highest BCUT2D eigenvalue weighted by molar-refractivity contribution is 5.95. The molecule has 2 aromatic carbocycles. The van der Waals surface area contributed by atoms with E-state index in [0.29, 0.717) is 11.3 Å². The molecule has 0 heterocycles. The normalized spacial score (nSPS) is 10.2. The summed E-state index contributed by atoms with van der Waals surface area (Å²) in [5, 5.41) is 3.24. The Balaban J connectivity index is 2.25. The molecule has 98 valence electrons. The van der Waals surface area contributed by atoms with Gasteiger partial charge < -0.3 is 16.8 Å². The van der Waals surface area contributed by atoms with Crippen LogP contribution in [-0.2, 0) is 6.42 Å². The fraction of sp³-hybridized carbons (Fsp3) is 0.133. The molecule has 0 spiro atoms. The number of anilines is 3. The molecule has 19 heavy (non-hydrogen) atoms. The number of benzene rings is 2. The maximum Gasteiger partial charge on any atom is 0.248 e. The first-order valence-corrected chi connectivity index (χ1v) is 6.15. The molecule has 1 amide bonds. The average molecular weight is 255 g/mol. The SMILES string of the molecule is CCc1cccc(Nc2ccc(C(N)=O)cc2N)c1. The van der Waals surface area contributed by atoms with Crippen LogP contribution in [0.15, 0.2) is 42.5 Å². The molecule has 0 unspecified atom stereocenters. The number of nitrogens with two attached hydrogens (primary N) is 2. The second-order valence-electron chi connectivity index (χ2n) is 4.35. The van der Waals surface area contributed by atoms with Crippen molar-refractivity contribution in [2.24, 2.45) is 5.73 Å². The van der Waals surface area contributed by atoms with Gasteiger partial charge in [0.15, 0.2) is 0 Å². The second kappa shape index (κ2) is 5.44. The minimum atomic E-state index is -0.480. The molecule has 4 heteroatoms. The molecule has 2 aromatic rings. The summed E-state index contributed by atoms with van der Waals surface area (Å²) >= 11 is 0. The Morgan fingerprint density at radius 1 is 1.21 bits per heavy atom. The Morgan fingerprint density at radius 3 is 2.63 bits per heavy atom. The van der Waals surface area contributed by atoms with Gasteiger partial charge in [0.25, 0.3) is 0 Å². The van der Waals surface area contributed by atoms with Crippen molar-refractivity contribution in [2.75, 3.05) is 11.1 Å². The van der Waals surface area contributed by atoms with Gasteiger partial charge in [-0.2, -0.15) is 0 Å². The summed E-state index contributed by atoms with van der Waals surface area (Å²) in [5.41, 5.74) is 15.0. The van der Waals surface area contributed by atoms with E-state index in [1.165, 1.54) is 5.56 Å². The number of amides is 1. The molecule has 0 aliphatic carbocycles. The van der Waals surface area contributed by atoms with E-state index in [4.69, 9.17) is 11.5 Å². The number of nitrogen functional groups attached to an aromatic ring is 1. The van der Waals surface area contributed by atoms with E-state index in [9.17, 15) is 4.79 Å². The maximum absolute atomic E-state index is 11.1. The smallest absolute Gasteiger partial charge is 0.248 e. The third kappa shape index (κ3) is 3.04. The summed E-state index contributed by atoms with van der Waals surface area (Å²) in [4.78, 5) is 11.1. The number of nitrogens with one attached hydrogen (secondary N) is 1. The minimum absolute atomic E-state index is 0.408. The first-order valence-electron chi connectivity index (χ1n) is 6.15. The molecular formula is C15H17N3O. The number of carbonyl (C=O) groups is 1. The number of carbonyl (C=O) groups excluding carboxylic acids is 1. The van der Waals surface area contributed by atoms with Crippen molar-refractivity contribution >= 4 is 23.0 Å². The predicted molar refractivity (Wildman–Crippen MR) is 78.5 cm³/mol. The number of aryl methyl sites for hydroxylation is 1. The Hall–Kier alpha value is -2.49. The Bertz CT molecular complexity index is 608. The molecule has 5 N–H and O–H groups in total. The van der Waals surface area contributed by atoms with Crippen LogP contribution in [0.4, 0.5) is 17.1 Å². The fourth-order valence-electron chi connectivity index (χ4n) is 1.85. The summed E-state index contributed by atoms with van der Waals surface area (Å²) in [7, 11) is 0. The van der Waals surface area contributed by atoms with Gasteiger partial charge in [0, 0.05) is 11.3 Å². The highest BCUT2D eigenvalue weighted by atomic mass is 16.1. The Labute approximate surface area is 112 Å². The van der Waals surface area contributed by atoms with Gasteiger partial charge in [0.05, 0.1) is 11.4 Å². The summed E-state index contributed by atoms with van der Waals surface area (Å²) in [5.74, 6) is -0.480. The van der Waals surface area contributed by atoms with E-state index in [0.717, 1.165) is 17.8 Å². The van der Waals surface area contributed by atoms with Gasteiger partial charge in [0.1, 0.15) is 0 Å². The first-order chi connectivity index (χ1) is 9.10. The number of hydrogen-bond donors (Lipinski definition) is 3. The number of rotatable bonds is 4. The van der Waals surface area contributed by atoms with Gasteiger partial charge in [-0.3, -0.25) is 4.79 Å². The lowest BCUT2D eigenvalue weighted by Gasteiger charge is -2.11. The van der Waals surface area contributed by atoms with Gasteiger partial charge >= 0.3 is 0 Å². The standard InChI is InChI=1S/C15H17N3O/c1-2-10-4-3-5-12(8-10)18-14-7-6-11(15(17)19)9-13(14)16/h3-9,18H,2,16H2,1H3,(H2,17,19). The highest BCUT2D eigenvalue weighted by Crippen LogP contribution is 2.24. The third-order valence-corrected chi connectivity index (χ3v) is 2.95. The van der Waals surface area contributed by atoms with Gasteiger partial charge in [-0.1, -0.05) is 19.1 Å². The molecule has 0 radical (unpaired) electrons. The van der Waals surface area contributed by atoms with E-state index < -0.39 is 5.91 Å². The molecule has 0 bridgehead atoms. The number of primary amides is 1. The van der Waals surface area contributed by atoms with Crippen LogP contribution < -0.4 is 16.8 Å². The van der Waals surface area contributed by atoms with E-state index in [-0.39, 0.29) is 0 Å². The van der Waals surface area contributed by atoms with Crippen LogP contribution in [-0.4, -0.2) is 5.91 Å². The largest absolute Gasteiger partial charge is 0.397 e. The van der Waals surface area contributed by atoms with E-state index >= 15 is 0 Å². The van der Waals surface area contributed by atoms with Crippen molar-refractivity contribution in [3.05, 3.63) is 53.6 Å². The summed E-state index contributed by atoms with van der Waals surface area (Å²) in [6.07, 6.45) is 0.978. The Kier molecular flexibility index (Phi) is 3.71. The molecule has 0 saturated heterocycles. The summed E-state index contributed by atoms with van der Waals surface area (Å²) < 4.78 is 0. The van der Waals surface area contributed by atoms with E-state index in [1.807, 2.05) is 12.1 Å². The van der Waals surface area contributed by atoms with Crippen molar-refractivity contribution in [1.29, 1.82) is 0 Å². The average Bonchev–Trinajstić information content (AvgIpc) is 2.41. The van der Waals surface area contributed by atoms with Crippen molar-refractivity contribution in [1.82, 2.24) is 0 Å². The quantitative estimate of drug-likeness (QED) is 0.735. The molecule has 0 atom stereocenters. The monoisotopic (exact) mass is 255 g/mol. The lowest BCUT2D eigenvalue weighted by Crippen LogP contribution is -2.11. The van der Waals surface area contributed by atoms with Crippen LogP contribution in [0.2, 0.25) is 0 Å². The molecule has 4 nitrogen and oxygen atoms in total. The topological polar surface area (TPSA) is 81.1 Å². The van der Waals surface area contributed by atoms with Gasteiger partial charge in [-0.15, -0.1) is 0 Å². The fourth-order valence-corrected chi connectivity index (χ4v) is 1.85. The van der Waals surface area contributed by atoms with Crippen LogP contribution in [0.25, 0.3) is 0 Å². The lowest BCUT2D eigenvalue weighted by atomic mass is 10.1. The van der Waals surface area contributed by atoms with E-state index in [2.05, 4.69) is 24.4 Å². The van der Waals surface area contributed by atoms with Crippen LogP contribution >= 0.6 is 0 Å². The molecular weight excluding hydrogens is 238 g/mol. The highest BCUT2D eigenvalue weighted by Gasteiger charge is 2.05. The van der Waals surface area contributed by atoms with Gasteiger partial charge in [0.2, 0.25) is 5.91 Å². The second-order valence-corrected chi connectivity index (χ2v) is 4.35. The summed E-state index contributed by atoms with van der Waals surface area (Å²) in [6.45, 7) is 2.11. The van der Waals surface area contributed by atoms with E-state index in [1.54, 1.807) is 18.2 Å². The zero-order chi connectivity index (χ0) is 13.8. The van der Waals surface area contributed by atoms with Crippen LogP contribution in [0.5, 0.6) is 0 Å². The predicted octanol–water partition coefficient (Wildman–Crippen LogP) is 2.67. The van der Waals surface area contributed by atoms with Crippen molar-refractivity contribution < 1.29 is 4.79 Å². The van der Waals surface area contributed by atoms with Gasteiger partial charge in [-0.05, 0) is 42.3 Å². The molecule has 0 aliphatic rings. The zero-order valence-corrected chi connectivity index (χ0v) is 10.8. The molecule has 2 rings (SSSR count).